The molecule has 2 aliphatic rings. The first-order valence-electron chi connectivity index (χ1n) is 9.29. The topological polar surface area (TPSA) is 83.7 Å². The number of nitrogens with two attached hydrogens (primary N) is 1. The number of halogens is 1. The molecule has 25 heavy (non-hydrogen) atoms. The van der Waals surface area contributed by atoms with Crippen LogP contribution >= 0.6 is 12.4 Å². The molecule has 2 fully saturated rings. The molecule has 1 amide bonds. The maximum Gasteiger partial charge on any atom is 0.239 e. The van der Waals surface area contributed by atoms with E-state index in [0.717, 1.165) is 38.5 Å². The molecule has 0 aromatic rings. The second kappa shape index (κ2) is 10.7. The van der Waals surface area contributed by atoms with Crippen LogP contribution < -0.4 is 5.73 Å². The van der Waals surface area contributed by atoms with Crippen LogP contribution in [-0.4, -0.2) is 74.9 Å². The summed E-state index contributed by atoms with van der Waals surface area (Å²) in [6, 6.07) is -0.704. The van der Waals surface area contributed by atoms with E-state index in [4.69, 9.17) is 5.73 Å². The van der Waals surface area contributed by atoms with Crippen LogP contribution in [-0.2, 0) is 14.6 Å². The van der Waals surface area contributed by atoms with E-state index >= 15 is 0 Å². The van der Waals surface area contributed by atoms with Crippen LogP contribution in [0.5, 0.6) is 0 Å². The average molecular weight is 396 g/mol. The van der Waals surface area contributed by atoms with E-state index in [2.05, 4.69) is 4.90 Å². The molecule has 1 saturated heterocycles. The minimum Gasteiger partial charge on any atom is -0.340 e. The summed E-state index contributed by atoms with van der Waals surface area (Å²) in [4.78, 5) is 16.8. The number of sulfone groups is 1. The summed E-state index contributed by atoms with van der Waals surface area (Å²) in [7, 11) is -3.07. The van der Waals surface area contributed by atoms with Gasteiger partial charge in [-0.1, -0.05) is 19.3 Å². The van der Waals surface area contributed by atoms with E-state index in [1.54, 1.807) is 0 Å². The normalized spacial score (nSPS) is 22.1. The highest BCUT2D eigenvalue weighted by molar-refractivity contribution is 7.90. The quantitative estimate of drug-likeness (QED) is 0.732. The van der Waals surface area contributed by atoms with Gasteiger partial charge in [-0.05, 0) is 38.1 Å². The molecule has 0 spiro atoms. The Kier molecular flexibility index (Phi) is 9.70. The Morgan fingerprint density at radius 3 is 2.40 bits per heavy atom. The molecule has 0 bridgehead atoms. The Morgan fingerprint density at radius 2 is 1.76 bits per heavy atom. The number of nitrogens with zero attached hydrogens (tertiary/aromatic N) is 2. The Bertz CT molecular complexity index is 509. The van der Waals surface area contributed by atoms with E-state index < -0.39 is 15.9 Å². The number of carbonyl (C=O) groups excluding carboxylic acids is 1. The largest absolute Gasteiger partial charge is 0.340 e. The molecule has 1 unspecified atom stereocenters. The zero-order valence-corrected chi connectivity index (χ0v) is 17.0. The highest BCUT2D eigenvalue weighted by Gasteiger charge is 2.25. The summed E-state index contributed by atoms with van der Waals surface area (Å²) in [5.41, 5.74) is 5.92. The third-order valence-corrected chi connectivity index (χ3v) is 6.24. The van der Waals surface area contributed by atoms with Crippen LogP contribution in [0.1, 0.15) is 44.9 Å². The predicted molar refractivity (Wildman–Crippen MR) is 104 cm³/mol. The fourth-order valence-electron chi connectivity index (χ4n) is 3.81. The molecule has 1 aliphatic heterocycles. The zero-order chi connectivity index (χ0) is 17.6. The summed E-state index contributed by atoms with van der Waals surface area (Å²) in [5, 5.41) is 0. The highest BCUT2D eigenvalue weighted by atomic mass is 35.5. The number of hydrogen-bond donors (Lipinski definition) is 1. The summed E-state index contributed by atoms with van der Waals surface area (Å²) >= 11 is 0. The van der Waals surface area contributed by atoms with E-state index in [1.807, 2.05) is 4.90 Å². The SMILES string of the molecule is CS(=O)(=O)CCC(N)C(=O)N1CCCN(CC2CCCCC2)CC1.Cl. The zero-order valence-electron chi connectivity index (χ0n) is 15.4. The molecule has 148 valence electrons. The monoisotopic (exact) mass is 395 g/mol. The van der Waals surface area contributed by atoms with Gasteiger partial charge in [0.1, 0.15) is 9.84 Å². The summed E-state index contributed by atoms with van der Waals surface area (Å²) in [5.74, 6) is 0.692. The molecule has 0 radical (unpaired) electrons. The van der Waals surface area contributed by atoms with Crippen molar-refractivity contribution in [2.24, 2.45) is 11.7 Å². The van der Waals surface area contributed by atoms with Gasteiger partial charge in [-0.25, -0.2) is 8.42 Å². The molecule has 1 aliphatic carbocycles. The van der Waals surface area contributed by atoms with E-state index in [9.17, 15) is 13.2 Å². The fraction of sp³-hybridized carbons (Fsp3) is 0.941. The Morgan fingerprint density at radius 1 is 1.08 bits per heavy atom. The lowest BCUT2D eigenvalue weighted by molar-refractivity contribution is -0.132. The van der Waals surface area contributed by atoms with Gasteiger partial charge in [-0.3, -0.25) is 4.79 Å². The Balaban J connectivity index is 0.00000312. The molecule has 1 heterocycles. The Hall–Kier alpha value is -0.370. The van der Waals surface area contributed by atoms with E-state index in [0.29, 0.717) is 6.54 Å². The van der Waals surface area contributed by atoms with Crippen LogP contribution in [0.3, 0.4) is 0 Å². The third kappa shape index (κ3) is 8.24. The minimum atomic E-state index is -3.07. The van der Waals surface area contributed by atoms with Gasteiger partial charge in [0.2, 0.25) is 5.91 Å². The molecule has 6 nitrogen and oxygen atoms in total. The van der Waals surface area contributed by atoms with Crippen molar-refractivity contribution in [2.45, 2.75) is 51.0 Å². The van der Waals surface area contributed by atoms with Crippen molar-refractivity contribution < 1.29 is 13.2 Å². The summed E-state index contributed by atoms with van der Waals surface area (Å²) in [6.45, 7) is 4.53. The lowest BCUT2D eigenvalue weighted by atomic mass is 9.89. The molecule has 0 aromatic heterocycles. The minimum absolute atomic E-state index is 0. The van der Waals surface area contributed by atoms with Crippen molar-refractivity contribution in [3.8, 4) is 0 Å². The van der Waals surface area contributed by atoms with Crippen molar-refractivity contribution >= 4 is 28.2 Å². The molecular weight excluding hydrogens is 362 g/mol. The van der Waals surface area contributed by atoms with Gasteiger partial charge in [-0.2, -0.15) is 0 Å². The van der Waals surface area contributed by atoms with Gasteiger partial charge in [-0.15, -0.1) is 12.4 Å². The lowest BCUT2D eigenvalue weighted by Gasteiger charge is -2.29. The maximum absolute atomic E-state index is 12.5. The van der Waals surface area contributed by atoms with Gasteiger partial charge in [0.15, 0.2) is 0 Å². The maximum atomic E-state index is 12.5. The fourth-order valence-corrected chi connectivity index (χ4v) is 4.49. The second-order valence-electron chi connectivity index (χ2n) is 7.51. The molecule has 2 rings (SSSR count). The molecule has 2 N–H and O–H groups in total. The lowest BCUT2D eigenvalue weighted by Crippen LogP contribution is -2.46. The summed E-state index contributed by atoms with van der Waals surface area (Å²) in [6.07, 6.45) is 9.14. The first-order valence-corrected chi connectivity index (χ1v) is 11.4. The van der Waals surface area contributed by atoms with Crippen molar-refractivity contribution in [1.29, 1.82) is 0 Å². The highest BCUT2D eigenvalue weighted by Crippen LogP contribution is 2.24. The molecule has 1 atom stereocenters. The molecule has 1 saturated carbocycles. The Labute approximate surface area is 158 Å². The third-order valence-electron chi connectivity index (χ3n) is 5.26. The van der Waals surface area contributed by atoms with Gasteiger partial charge in [0, 0.05) is 32.4 Å². The van der Waals surface area contributed by atoms with Crippen LogP contribution in [0, 0.1) is 5.92 Å². The number of carbonyl (C=O) groups is 1. The smallest absolute Gasteiger partial charge is 0.239 e. The van der Waals surface area contributed by atoms with Crippen molar-refractivity contribution in [2.75, 3.05) is 44.7 Å². The van der Waals surface area contributed by atoms with Crippen LogP contribution in [0.2, 0.25) is 0 Å². The number of amides is 1. The van der Waals surface area contributed by atoms with Crippen molar-refractivity contribution in [1.82, 2.24) is 9.80 Å². The van der Waals surface area contributed by atoms with E-state index in [1.165, 1.54) is 38.4 Å². The first-order chi connectivity index (χ1) is 11.3. The number of rotatable bonds is 6. The molecular formula is C17H34ClN3O3S. The van der Waals surface area contributed by atoms with Crippen LogP contribution in [0.4, 0.5) is 0 Å². The molecule has 0 aromatic carbocycles. The van der Waals surface area contributed by atoms with E-state index in [-0.39, 0.29) is 30.5 Å². The van der Waals surface area contributed by atoms with Crippen LogP contribution in [0.15, 0.2) is 0 Å². The second-order valence-corrected chi connectivity index (χ2v) is 9.77. The van der Waals surface area contributed by atoms with Gasteiger partial charge in [0.05, 0.1) is 11.8 Å². The van der Waals surface area contributed by atoms with Crippen molar-refractivity contribution in [3.05, 3.63) is 0 Å². The average Bonchev–Trinajstić information content (AvgIpc) is 2.78. The van der Waals surface area contributed by atoms with Gasteiger partial charge in [0.25, 0.3) is 0 Å². The predicted octanol–water partition coefficient (Wildman–Crippen LogP) is 1.28. The summed E-state index contributed by atoms with van der Waals surface area (Å²) < 4.78 is 22.5. The molecule has 8 heteroatoms. The number of hydrogen-bond acceptors (Lipinski definition) is 5. The standard InChI is InChI=1S/C17H33N3O3S.ClH/c1-24(22,23)13-8-16(18)17(21)20-10-5-9-19(11-12-20)14-15-6-3-2-4-7-15;/h15-16H,2-14,18H2,1H3;1H. The van der Waals surface area contributed by atoms with Gasteiger partial charge >= 0.3 is 0 Å². The first kappa shape index (κ1) is 22.7. The van der Waals surface area contributed by atoms with Crippen molar-refractivity contribution in [3.63, 3.8) is 0 Å². The van der Waals surface area contributed by atoms with Crippen LogP contribution in [0.25, 0.3) is 0 Å². The van der Waals surface area contributed by atoms with Gasteiger partial charge < -0.3 is 15.5 Å².